The molecule has 1 saturated heterocycles. The normalized spacial score (nSPS) is 17.3. The van der Waals surface area contributed by atoms with Crippen LogP contribution < -0.4 is 19.7 Å². The summed E-state index contributed by atoms with van der Waals surface area (Å²) in [4.78, 5) is 26.3. The minimum Gasteiger partial charge on any atom is -0.454 e. The lowest BCUT2D eigenvalue weighted by Gasteiger charge is -2.17. The van der Waals surface area contributed by atoms with Crippen LogP contribution >= 0.6 is 0 Å². The number of hydrogen-bond acceptors (Lipinski definition) is 4. The lowest BCUT2D eigenvalue weighted by atomic mass is 10.1. The van der Waals surface area contributed by atoms with E-state index in [4.69, 9.17) is 9.47 Å². The van der Waals surface area contributed by atoms with Crippen LogP contribution in [0.3, 0.4) is 0 Å². The van der Waals surface area contributed by atoms with Crippen LogP contribution in [0.15, 0.2) is 42.5 Å². The average Bonchev–Trinajstić information content (AvgIpc) is 3.36. The molecular weight excluding hydrogens is 413 g/mol. The van der Waals surface area contributed by atoms with Crippen molar-refractivity contribution in [3.63, 3.8) is 0 Å². The van der Waals surface area contributed by atoms with Crippen molar-refractivity contribution in [2.45, 2.75) is 12.6 Å². The minimum absolute atomic E-state index is 0.0379. The van der Waals surface area contributed by atoms with Crippen molar-refractivity contribution in [1.82, 2.24) is 5.32 Å². The van der Waals surface area contributed by atoms with Gasteiger partial charge in [-0.15, -0.1) is 0 Å². The highest BCUT2D eigenvalue weighted by molar-refractivity contribution is 6.00. The Labute approximate surface area is 175 Å². The standard InChI is InChI=1S/C22H17F3N2O4/c23-22(24,25)16-5-1-3-14(9-16)4-2-8-26-21(29)15-10-20(28)27(12-15)17-6-7-18-19(11-17)31-13-30-18/h1,3,5-7,9,11,15H,8,10,12-13H2,(H,26,29). The predicted octanol–water partition coefficient (Wildman–Crippen LogP) is 2.95. The summed E-state index contributed by atoms with van der Waals surface area (Å²) in [5.74, 6) is 5.31. The zero-order valence-electron chi connectivity index (χ0n) is 16.2. The van der Waals surface area contributed by atoms with Crippen LogP contribution in [0.4, 0.5) is 18.9 Å². The van der Waals surface area contributed by atoms with Crippen molar-refractivity contribution >= 4 is 17.5 Å². The van der Waals surface area contributed by atoms with Crippen molar-refractivity contribution in [3.05, 3.63) is 53.6 Å². The molecule has 0 aromatic heterocycles. The Hall–Kier alpha value is -3.67. The second kappa shape index (κ2) is 8.22. The molecule has 4 rings (SSSR count). The second-order valence-corrected chi connectivity index (χ2v) is 7.04. The molecule has 0 bridgehead atoms. The van der Waals surface area contributed by atoms with Crippen LogP contribution in [-0.2, 0) is 15.8 Å². The summed E-state index contributed by atoms with van der Waals surface area (Å²) in [5.41, 5.74) is 0.0411. The maximum atomic E-state index is 12.7. The lowest BCUT2D eigenvalue weighted by Crippen LogP contribution is -2.33. The first-order valence-corrected chi connectivity index (χ1v) is 9.45. The van der Waals surface area contributed by atoms with Gasteiger partial charge < -0.3 is 19.7 Å². The van der Waals surface area contributed by atoms with E-state index in [1.807, 2.05) is 0 Å². The van der Waals surface area contributed by atoms with E-state index in [0.717, 1.165) is 12.1 Å². The number of rotatable bonds is 3. The molecule has 2 aliphatic rings. The summed E-state index contributed by atoms with van der Waals surface area (Å²) in [5, 5.41) is 2.62. The zero-order valence-corrected chi connectivity index (χ0v) is 16.2. The van der Waals surface area contributed by atoms with Crippen molar-refractivity contribution in [2.24, 2.45) is 5.92 Å². The van der Waals surface area contributed by atoms with Crippen molar-refractivity contribution in [2.75, 3.05) is 24.8 Å². The molecule has 1 fully saturated rings. The van der Waals surface area contributed by atoms with Crippen LogP contribution in [0.2, 0.25) is 0 Å². The smallest absolute Gasteiger partial charge is 0.416 e. The first kappa shape index (κ1) is 20.6. The number of halogens is 3. The molecular formula is C22H17F3N2O4. The maximum absolute atomic E-state index is 12.7. The molecule has 0 aliphatic carbocycles. The van der Waals surface area contributed by atoms with Crippen molar-refractivity contribution < 1.29 is 32.2 Å². The molecule has 0 radical (unpaired) electrons. The summed E-state index contributed by atoms with van der Waals surface area (Å²) < 4.78 is 48.8. The highest BCUT2D eigenvalue weighted by Gasteiger charge is 2.35. The third-order valence-corrected chi connectivity index (χ3v) is 4.94. The van der Waals surface area contributed by atoms with Crippen LogP contribution in [-0.4, -0.2) is 31.7 Å². The van der Waals surface area contributed by atoms with Crippen LogP contribution in [0.5, 0.6) is 11.5 Å². The van der Waals surface area contributed by atoms with E-state index in [-0.39, 0.29) is 43.7 Å². The number of fused-ring (bicyclic) bond motifs is 1. The van der Waals surface area contributed by atoms with Gasteiger partial charge in [-0.2, -0.15) is 13.2 Å². The molecule has 2 aliphatic heterocycles. The summed E-state index contributed by atoms with van der Waals surface area (Å²) in [6.07, 6.45) is -4.38. The lowest BCUT2D eigenvalue weighted by molar-refractivity contribution is -0.137. The van der Waals surface area contributed by atoms with E-state index in [0.29, 0.717) is 17.2 Å². The average molecular weight is 430 g/mol. The Morgan fingerprint density at radius 1 is 1.16 bits per heavy atom. The number of anilines is 1. The quantitative estimate of drug-likeness (QED) is 0.761. The van der Waals surface area contributed by atoms with Gasteiger partial charge in [0.1, 0.15) is 0 Å². The number of carbonyl (C=O) groups is 2. The molecule has 9 heteroatoms. The number of benzene rings is 2. The Kier molecular flexibility index (Phi) is 5.46. The number of carbonyl (C=O) groups excluding carboxylic acids is 2. The third-order valence-electron chi connectivity index (χ3n) is 4.94. The topological polar surface area (TPSA) is 67.9 Å². The highest BCUT2D eigenvalue weighted by atomic mass is 19.4. The van der Waals surface area contributed by atoms with E-state index in [2.05, 4.69) is 17.2 Å². The minimum atomic E-state index is -4.44. The van der Waals surface area contributed by atoms with E-state index in [9.17, 15) is 22.8 Å². The van der Waals surface area contributed by atoms with Gasteiger partial charge in [0, 0.05) is 30.3 Å². The van der Waals surface area contributed by atoms with Gasteiger partial charge in [-0.3, -0.25) is 9.59 Å². The molecule has 2 amide bonds. The van der Waals surface area contributed by atoms with Gasteiger partial charge in [0.2, 0.25) is 18.6 Å². The fourth-order valence-electron chi connectivity index (χ4n) is 3.38. The van der Waals surface area contributed by atoms with Gasteiger partial charge in [-0.1, -0.05) is 17.9 Å². The highest BCUT2D eigenvalue weighted by Crippen LogP contribution is 2.37. The van der Waals surface area contributed by atoms with Gasteiger partial charge in [0.15, 0.2) is 11.5 Å². The Balaban J connectivity index is 1.33. The summed E-state index contributed by atoms with van der Waals surface area (Å²) in [6, 6.07) is 9.79. The first-order valence-electron chi connectivity index (χ1n) is 9.45. The molecule has 0 spiro atoms. The monoisotopic (exact) mass is 430 g/mol. The molecule has 2 aromatic rings. The number of amides is 2. The zero-order chi connectivity index (χ0) is 22.0. The van der Waals surface area contributed by atoms with Crippen molar-refractivity contribution in [1.29, 1.82) is 0 Å². The van der Waals surface area contributed by atoms with Gasteiger partial charge in [0.25, 0.3) is 0 Å². The van der Waals surface area contributed by atoms with Crippen LogP contribution in [0.25, 0.3) is 0 Å². The fraction of sp³-hybridized carbons (Fsp3) is 0.273. The number of nitrogens with zero attached hydrogens (tertiary/aromatic N) is 1. The summed E-state index contributed by atoms with van der Waals surface area (Å²) >= 11 is 0. The second-order valence-electron chi connectivity index (χ2n) is 7.04. The molecule has 2 aromatic carbocycles. The molecule has 1 atom stereocenters. The largest absolute Gasteiger partial charge is 0.454 e. The Bertz CT molecular complexity index is 1090. The van der Waals surface area contributed by atoms with Gasteiger partial charge in [-0.25, -0.2) is 0 Å². The van der Waals surface area contributed by atoms with Gasteiger partial charge in [0.05, 0.1) is 18.0 Å². The van der Waals surface area contributed by atoms with E-state index in [1.54, 1.807) is 18.2 Å². The first-order chi connectivity index (χ1) is 14.8. The number of ether oxygens (including phenoxy) is 2. The number of alkyl halides is 3. The molecule has 1 unspecified atom stereocenters. The summed E-state index contributed by atoms with van der Waals surface area (Å²) in [7, 11) is 0. The molecule has 160 valence electrons. The van der Waals surface area contributed by atoms with Crippen LogP contribution in [0.1, 0.15) is 17.5 Å². The molecule has 6 nitrogen and oxygen atoms in total. The number of hydrogen-bond donors (Lipinski definition) is 1. The van der Waals surface area contributed by atoms with Crippen LogP contribution in [0, 0.1) is 17.8 Å². The number of nitrogens with one attached hydrogen (secondary N) is 1. The SMILES string of the molecule is O=C(NCC#Cc1cccc(C(F)(F)F)c1)C1CC(=O)N(c2ccc3c(c2)OCO3)C1. The van der Waals surface area contributed by atoms with E-state index >= 15 is 0 Å². The molecule has 2 heterocycles. The van der Waals surface area contributed by atoms with Crippen molar-refractivity contribution in [3.8, 4) is 23.3 Å². The Morgan fingerprint density at radius 2 is 1.97 bits per heavy atom. The predicted molar refractivity (Wildman–Crippen MR) is 104 cm³/mol. The molecule has 0 saturated carbocycles. The maximum Gasteiger partial charge on any atom is 0.416 e. The van der Waals surface area contributed by atoms with Gasteiger partial charge in [-0.05, 0) is 30.3 Å². The van der Waals surface area contributed by atoms with E-state index in [1.165, 1.54) is 17.0 Å². The third kappa shape index (κ3) is 4.58. The van der Waals surface area contributed by atoms with E-state index < -0.39 is 17.7 Å². The summed E-state index contributed by atoms with van der Waals surface area (Å²) in [6.45, 7) is 0.300. The molecule has 1 N–H and O–H groups in total. The Morgan fingerprint density at radius 3 is 2.77 bits per heavy atom. The van der Waals surface area contributed by atoms with Gasteiger partial charge >= 0.3 is 6.18 Å². The fourth-order valence-corrected chi connectivity index (χ4v) is 3.38. The molecule has 31 heavy (non-hydrogen) atoms.